The van der Waals surface area contributed by atoms with Crippen LogP contribution in [0.1, 0.15) is 23.5 Å². The zero-order valence-corrected chi connectivity index (χ0v) is 16.7. The lowest BCUT2D eigenvalue weighted by atomic mass is 10.0. The van der Waals surface area contributed by atoms with Gasteiger partial charge in [0, 0.05) is 11.8 Å². The molecule has 1 heterocycles. The van der Waals surface area contributed by atoms with Crippen molar-refractivity contribution in [3.05, 3.63) is 40.6 Å². The molecule has 1 unspecified atom stereocenters. The van der Waals surface area contributed by atoms with Crippen LogP contribution in [-0.2, 0) is 9.59 Å². The second-order valence-electron chi connectivity index (χ2n) is 6.28. The van der Waals surface area contributed by atoms with Crippen LogP contribution in [0.5, 0.6) is 11.5 Å². The van der Waals surface area contributed by atoms with Crippen LogP contribution >= 0.6 is 11.3 Å². The van der Waals surface area contributed by atoms with Crippen molar-refractivity contribution in [2.45, 2.75) is 19.9 Å². The summed E-state index contributed by atoms with van der Waals surface area (Å²) in [6.07, 6.45) is 0. The second kappa shape index (κ2) is 9.75. The summed E-state index contributed by atoms with van der Waals surface area (Å²) in [5.74, 6) is -0.774. The molecule has 0 saturated heterocycles. The molecule has 1 aromatic carbocycles. The van der Waals surface area contributed by atoms with Crippen molar-refractivity contribution in [1.82, 2.24) is 5.32 Å². The van der Waals surface area contributed by atoms with Gasteiger partial charge in [-0.2, -0.15) is 0 Å². The number of amides is 3. The molecule has 0 spiro atoms. The first kappa shape index (κ1) is 21.2. The second-order valence-corrected chi connectivity index (χ2v) is 7.23. The lowest BCUT2D eigenvalue weighted by molar-refractivity contribution is -0.120. The fourth-order valence-electron chi connectivity index (χ4n) is 2.39. The Morgan fingerprint density at radius 1 is 1.18 bits per heavy atom. The molecule has 4 N–H and O–H groups in total. The van der Waals surface area contributed by atoms with E-state index in [2.05, 4.69) is 10.6 Å². The van der Waals surface area contributed by atoms with Gasteiger partial charge in [-0.1, -0.05) is 19.9 Å². The first-order chi connectivity index (χ1) is 13.3. The lowest BCUT2D eigenvalue weighted by Gasteiger charge is -2.22. The molecule has 0 saturated carbocycles. The molecule has 150 valence electrons. The van der Waals surface area contributed by atoms with Crippen molar-refractivity contribution >= 4 is 34.7 Å². The molecule has 3 amide bonds. The van der Waals surface area contributed by atoms with E-state index in [1.54, 1.807) is 29.6 Å². The number of benzene rings is 1. The van der Waals surface area contributed by atoms with Crippen molar-refractivity contribution in [2.24, 2.45) is 11.7 Å². The van der Waals surface area contributed by atoms with Gasteiger partial charge in [0.2, 0.25) is 5.91 Å². The number of hydrogen-bond acceptors (Lipinski definition) is 6. The molecular formula is C19H23N3O5S. The number of hydrogen-bond donors (Lipinski definition) is 3. The molecular weight excluding hydrogens is 382 g/mol. The van der Waals surface area contributed by atoms with Gasteiger partial charge in [-0.25, -0.2) is 0 Å². The number of carbonyl (C=O) groups is 3. The highest BCUT2D eigenvalue weighted by atomic mass is 32.1. The summed E-state index contributed by atoms with van der Waals surface area (Å²) in [7, 11) is 1.46. The van der Waals surface area contributed by atoms with E-state index in [1.165, 1.54) is 24.5 Å². The predicted molar refractivity (Wildman–Crippen MR) is 107 cm³/mol. The van der Waals surface area contributed by atoms with E-state index in [0.717, 1.165) is 0 Å². The first-order valence-electron chi connectivity index (χ1n) is 8.56. The normalized spacial score (nSPS) is 11.6. The van der Waals surface area contributed by atoms with Gasteiger partial charge >= 0.3 is 0 Å². The van der Waals surface area contributed by atoms with Gasteiger partial charge in [-0.05, 0) is 29.5 Å². The number of primary amides is 1. The van der Waals surface area contributed by atoms with Crippen molar-refractivity contribution in [3.63, 3.8) is 0 Å². The Balaban J connectivity index is 2.12. The number of rotatable bonds is 9. The Bertz CT molecular complexity index is 836. The quantitative estimate of drug-likeness (QED) is 0.589. The lowest BCUT2D eigenvalue weighted by Crippen LogP contribution is -2.46. The number of ether oxygens (including phenoxy) is 2. The largest absolute Gasteiger partial charge is 0.493 e. The Labute approximate surface area is 167 Å². The maximum atomic E-state index is 12.7. The third-order valence-electron chi connectivity index (χ3n) is 3.78. The molecule has 1 atom stereocenters. The van der Waals surface area contributed by atoms with Gasteiger partial charge in [0.1, 0.15) is 6.04 Å². The number of thiophene rings is 1. The molecule has 0 aliphatic rings. The molecule has 0 aliphatic heterocycles. The van der Waals surface area contributed by atoms with Gasteiger partial charge in [-0.15, -0.1) is 11.3 Å². The summed E-state index contributed by atoms with van der Waals surface area (Å²) < 4.78 is 10.5. The van der Waals surface area contributed by atoms with Crippen LogP contribution < -0.4 is 25.8 Å². The van der Waals surface area contributed by atoms with Crippen LogP contribution in [-0.4, -0.2) is 37.5 Å². The average molecular weight is 405 g/mol. The Morgan fingerprint density at radius 2 is 1.93 bits per heavy atom. The molecule has 2 rings (SSSR count). The van der Waals surface area contributed by atoms with Gasteiger partial charge in [0.25, 0.3) is 11.8 Å². The van der Waals surface area contributed by atoms with Crippen LogP contribution in [0.2, 0.25) is 0 Å². The van der Waals surface area contributed by atoms with Crippen molar-refractivity contribution in [3.8, 4) is 11.5 Å². The molecule has 9 heteroatoms. The predicted octanol–water partition coefficient (Wildman–Crippen LogP) is 2.01. The zero-order chi connectivity index (χ0) is 20.7. The van der Waals surface area contributed by atoms with E-state index in [0.29, 0.717) is 16.3 Å². The summed E-state index contributed by atoms with van der Waals surface area (Å²) >= 11 is 1.30. The van der Waals surface area contributed by atoms with E-state index in [9.17, 15) is 14.4 Å². The fraction of sp³-hybridized carbons (Fsp3) is 0.316. The van der Waals surface area contributed by atoms with Crippen LogP contribution in [0.25, 0.3) is 0 Å². The van der Waals surface area contributed by atoms with Crippen molar-refractivity contribution in [1.29, 1.82) is 0 Å². The summed E-state index contributed by atoms with van der Waals surface area (Å²) in [6.45, 7) is 3.36. The number of nitrogens with two attached hydrogens (primary N) is 1. The van der Waals surface area contributed by atoms with Gasteiger partial charge < -0.3 is 25.8 Å². The first-order valence-corrected chi connectivity index (χ1v) is 9.44. The van der Waals surface area contributed by atoms with E-state index in [4.69, 9.17) is 15.2 Å². The number of carbonyl (C=O) groups excluding carboxylic acids is 3. The van der Waals surface area contributed by atoms with Crippen LogP contribution in [0, 0.1) is 5.92 Å². The zero-order valence-electron chi connectivity index (χ0n) is 15.9. The van der Waals surface area contributed by atoms with E-state index in [-0.39, 0.29) is 30.1 Å². The third kappa shape index (κ3) is 5.71. The smallest absolute Gasteiger partial charge is 0.262 e. The van der Waals surface area contributed by atoms with Gasteiger partial charge in [-0.3, -0.25) is 14.4 Å². The van der Waals surface area contributed by atoms with E-state index in [1.807, 2.05) is 13.8 Å². The highest BCUT2D eigenvalue weighted by Gasteiger charge is 2.25. The average Bonchev–Trinajstić information content (AvgIpc) is 3.18. The van der Waals surface area contributed by atoms with Crippen LogP contribution in [0.15, 0.2) is 35.7 Å². The van der Waals surface area contributed by atoms with E-state index < -0.39 is 11.9 Å². The van der Waals surface area contributed by atoms with Gasteiger partial charge in [0.15, 0.2) is 18.1 Å². The molecule has 28 heavy (non-hydrogen) atoms. The number of methoxy groups -OCH3 is 1. The maximum Gasteiger partial charge on any atom is 0.262 e. The van der Waals surface area contributed by atoms with Crippen molar-refractivity contribution < 1.29 is 23.9 Å². The molecule has 0 radical (unpaired) electrons. The van der Waals surface area contributed by atoms with Crippen LogP contribution in [0.4, 0.5) is 5.69 Å². The number of anilines is 1. The minimum absolute atomic E-state index is 0.132. The molecule has 0 fully saturated rings. The third-order valence-corrected chi connectivity index (χ3v) is 4.65. The highest BCUT2D eigenvalue weighted by Crippen LogP contribution is 2.30. The number of nitrogens with one attached hydrogen (secondary N) is 2. The maximum absolute atomic E-state index is 12.7. The molecule has 0 aliphatic carbocycles. The van der Waals surface area contributed by atoms with E-state index >= 15 is 0 Å². The molecule has 8 nitrogen and oxygen atoms in total. The summed E-state index contributed by atoms with van der Waals surface area (Å²) in [5.41, 5.74) is 5.53. The summed E-state index contributed by atoms with van der Waals surface area (Å²) in [5, 5.41) is 7.31. The summed E-state index contributed by atoms with van der Waals surface area (Å²) in [4.78, 5) is 36.5. The minimum Gasteiger partial charge on any atom is -0.493 e. The van der Waals surface area contributed by atoms with Crippen LogP contribution in [0.3, 0.4) is 0 Å². The molecule has 0 bridgehead atoms. The van der Waals surface area contributed by atoms with Crippen molar-refractivity contribution in [2.75, 3.05) is 19.0 Å². The Hall–Kier alpha value is -3.07. The SMILES string of the molecule is COc1ccc(NC(=O)C(NC(=O)c2cccs2)C(C)C)cc1OCC(N)=O. The molecule has 1 aromatic heterocycles. The standard InChI is InChI=1S/C19H23N3O5S/c1-11(2)17(22-18(24)15-5-4-8-28-15)19(25)21-12-6-7-13(26-3)14(9-12)27-10-16(20)23/h4-9,11,17H,10H2,1-3H3,(H2,20,23)(H,21,25)(H,22,24). The molecule has 2 aromatic rings. The van der Waals surface area contributed by atoms with Gasteiger partial charge in [0.05, 0.1) is 12.0 Å². The monoisotopic (exact) mass is 405 g/mol. The summed E-state index contributed by atoms with van der Waals surface area (Å²) in [6, 6.07) is 7.49. The minimum atomic E-state index is -0.730. The topological polar surface area (TPSA) is 120 Å². The Morgan fingerprint density at radius 3 is 2.50 bits per heavy atom. The fourth-order valence-corrected chi connectivity index (χ4v) is 3.02. The Kier molecular flexibility index (Phi) is 7.39. The highest BCUT2D eigenvalue weighted by molar-refractivity contribution is 7.12.